The minimum absolute atomic E-state index is 0.0793. The monoisotopic (exact) mass is 382 g/mol. The zero-order valence-electron chi connectivity index (χ0n) is 11.9. The van der Waals surface area contributed by atoms with Gasteiger partial charge in [-0.1, -0.05) is 46.9 Å². The predicted molar refractivity (Wildman–Crippen MR) is 86.2 cm³/mol. The molecule has 0 aromatic heterocycles. The summed E-state index contributed by atoms with van der Waals surface area (Å²) in [7, 11) is 0. The lowest BCUT2D eigenvalue weighted by Crippen LogP contribution is -3.21. The molecule has 1 aliphatic heterocycles. The minimum atomic E-state index is -1.76. The van der Waals surface area contributed by atoms with Crippen LogP contribution in [0.3, 0.4) is 0 Å². The van der Waals surface area contributed by atoms with Crippen LogP contribution in [0.5, 0.6) is 0 Å². The molecule has 1 amide bonds. The zero-order chi connectivity index (χ0) is 17.0. The summed E-state index contributed by atoms with van der Waals surface area (Å²) in [4.78, 5) is 23.7. The van der Waals surface area contributed by atoms with Crippen molar-refractivity contribution in [3.8, 4) is 0 Å². The Bertz CT molecular complexity index is 588. The number of nitro groups is 1. The molecule has 1 heterocycles. The number of nitro benzene ring substituents is 1. The predicted octanol–water partition coefficient (Wildman–Crippen LogP) is 0.936. The number of alkyl halides is 3. The molecule has 7 nitrogen and oxygen atoms in total. The molecule has 1 aliphatic rings. The summed E-state index contributed by atoms with van der Waals surface area (Å²) >= 11 is 18.0. The van der Waals surface area contributed by atoms with Gasteiger partial charge in [0.25, 0.3) is 15.4 Å². The number of hydrogen-bond acceptors (Lipinski definition) is 4. The van der Waals surface area contributed by atoms with Crippen LogP contribution in [0.2, 0.25) is 0 Å². The number of benzene rings is 1. The topological polar surface area (TPSA) is 85.9 Å². The van der Waals surface area contributed by atoms with Gasteiger partial charge in [0.1, 0.15) is 18.7 Å². The van der Waals surface area contributed by atoms with Gasteiger partial charge in [-0.3, -0.25) is 20.2 Å². The Kier molecular flexibility index (Phi) is 6.05. The summed E-state index contributed by atoms with van der Waals surface area (Å²) < 4.78 is 3.49. The lowest BCUT2D eigenvalue weighted by molar-refractivity contribution is -0.934. The summed E-state index contributed by atoms with van der Waals surface area (Å²) in [5, 5.41) is 13.6. The van der Waals surface area contributed by atoms with E-state index in [1.54, 1.807) is 0 Å². The van der Waals surface area contributed by atoms with E-state index in [2.05, 4.69) is 5.32 Å². The molecule has 2 rings (SSSR count). The number of quaternary nitrogens is 1. The summed E-state index contributed by atoms with van der Waals surface area (Å²) in [6.45, 7) is 2.06. The van der Waals surface area contributed by atoms with Gasteiger partial charge < -0.3 is 9.64 Å². The Morgan fingerprint density at radius 3 is 2.48 bits per heavy atom. The highest BCUT2D eigenvalue weighted by molar-refractivity contribution is 6.68. The van der Waals surface area contributed by atoms with Crippen LogP contribution < -0.4 is 10.2 Å². The Labute approximate surface area is 147 Å². The maximum absolute atomic E-state index is 12.4. The number of rotatable bonds is 4. The average molecular weight is 384 g/mol. The van der Waals surface area contributed by atoms with Gasteiger partial charge in [0.05, 0.1) is 18.1 Å². The number of para-hydroxylation sites is 1. The second-order valence-electron chi connectivity index (χ2n) is 4.99. The quantitative estimate of drug-likeness (QED) is 0.460. The van der Waals surface area contributed by atoms with E-state index in [1.807, 2.05) is 0 Å². The van der Waals surface area contributed by atoms with Crippen molar-refractivity contribution in [3.05, 3.63) is 39.9 Å². The van der Waals surface area contributed by atoms with Crippen LogP contribution in [0.1, 0.15) is 10.4 Å². The van der Waals surface area contributed by atoms with E-state index in [0.29, 0.717) is 26.3 Å². The summed E-state index contributed by atoms with van der Waals surface area (Å²) in [6.07, 6.45) is -0.844. The molecule has 1 saturated heterocycles. The van der Waals surface area contributed by atoms with Crippen molar-refractivity contribution in [1.82, 2.24) is 5.32 Å². The van der Waals surface area contributed by atoms with E-state index in [4.69, 9.17) is 39.5 Å². The third kappa shape index (κ3) is 4.68. The number of ether oxygens (including phenoxy) is 1. The highest BCUT2D eigenvalue weighted by Crippen LogP contribution is 2.28. The van der Waals surface area contributed by atoms with Crippen LogP contribution >= 0.6 is 34.8 Å². The summed E-state index contributed by atoms with van der Waals surface area (Å²) in [5.74, 6) is -0.660. The molecular formula is C13H15Cl3N3O4+. The van der Waals surface area contributed by atoms with Gasteiger partial charge >= 0.3 is 0 Å². The number of nitrogens with one attached hydrogen (secondary N) is 2. The van der Waals surface area contributed by atoms with E-state index in [0.717, 1.165) is 4.90 Å². The Hall–Kier alpha value is -1.12. The van der Waals surface area contributed by atoms with Gasteiger partial charge in [-0.25, -0.2) is 0 Å². The second-order valence-corrected chi connectivity index (χ2v) is 7.36. The number of carbonyl (C=O) groups is 1. The number of nitrogens with zero attached hydrogens (tertiary/aromatic N) is 1. The lowest BCUT2D eigenvalue weighted by atomic mass is 10.1. The number of hydrogen-bond donors (Lipinski definition) is 2. The number of carbonyl (C=O) groups excluding carboxylic acids is 1. The summed E-state index contributed by atoms with van der Waals surface area (Å²) in [6, 6.07) is 5.63. The number of morpholine rings is 1. The molecule has 0 aliphatic carbocycles. The Morgan fingerprint density at radius 2 is 1.91 bits per heavy atom. The van der Waals surface area contributed by atoms with Gasteiger partial charge in [-0.15, -0.1) is 0 Å². The van der Waals surface area contributed by atoms with E-state index < -0.39 is 20.8 Å². The Balaban J connectivity index is 2.22. The maximum Gasteiger partial charge on any atom is 0.282 e. The van der Waals surface area contributed by atoms with Crippen molar-refractivity contribution in [3.63, 3.8) is 0 Å². The van der Waals surface area contributed by atoms with Crippen LogP contribution in [-0.2, 0) is 4.74 Å². The number of halogens is 3. The molecule has 0 bridgehead atoms. The molecular weight excluding hydrogens is 369 g/mol. The van der Waals surface area contributed by atoms with Crippen molar-refractivity contribution in [2.75, 3.05) is 26.3 Å². The minimum Gasteiger partial charge on any atom is -0.370 e. The fourth-order valence-electron chi connectivity index (χ4n) is 2.37. The van der Waals surface area contributed by atoms with Crippen LogP contribution in [0.25, 0.3) is 0 Å². The molecule has 0 spiro atoms. The van der Waals surface area contributed by atoms with Crippen molar-refractivity contribution >= 4 is 46.4 Å². The van der Waals surface area contributed by atoms with Gasteiger partial charge in [0, 0.05) is 6.07 Å². The largest absolute Gasteiger partial charge is 0.370 e. The molecule has 0 unspecified atom stereocenters. The standard InChI is InChI=1S/C13H14Cl3N3O4/c14-13(15,16)12(18-5-7-23-8-6-18)17-11(20)9-3-1-2-4-10(9)19(21)22/h1-4,12H,5-8H2,(H,17,20)/p+1/t12-/m0/s1. The first-order valence-electron chi connectivity index (χ1n) is 6.84. The van der Waals surface area contributed by atoms with Gasteiger partial charge in [0.2, 0.25) is 6.17 Å². The smallest absolute Gasteiger partial charge is 0.282 e. The summed E-state index contributed by atoms with van der Waals surface area (Å²) in [5.41, 5.74) is -0.380. The molecule has 0 radical (unpaired) electrons. The molecule has 1 fully saturated rings. The van der Waals surface area contributed by atoms with Crippen molar-refractivity contribution in [2.24, 2.45) is 0 Å². The first-order chi connectivity index (χ1) is 10.8. The van der Waals surface area contributed by atoms with Crippen LogP contribution in [0.15, 0.2) is 24.3 Å². The fourth-order valence-corrected chi connectivity index (χ4v) is 3.00. The van der Waals surface area contributed by atoms with E-state index in [9.17, 15) is 14.9 Å². The van der Waals surface area contributed by atoms with Crippen molar-refractivity contribution in [1.29, 1.82) is 0 Å². The average Bonchev–Trinajstić information content (AvgIpc) is 2.52. The maximum atomic E-state index is 12.4. The molecule has 126 valence electrons. The van der Waals surface area contributed by atoms with Crippen molar-refractivity contribution in [2.45, 2.75) is 9.96 Å². The molecule has 1 atom stereocenters. The molecule has 23 heavy (non-hydrogen) atoms. The highest BCUT2D eigenvalue weighted by Gasteiger charge is 2.43. The first kappa shape index (κ1) is 18.2. The van der Waals surface area contributed by atoms with Crippen LogP contribution in [0, 0.1) is 10.1 Å². The fraction of sp³-hybridized carbons (Fsp3) is 0.462. The van der Waals surface area contributed by atoms with Crippen LogP contribution in [0.4, 0.5) is 5.69 Å². The molecule has 1 aromatic carbocycles. The molecule has 1 aromatic rings. The Morgan fingerprint density at radius 1 is 1.30 bits per heavy atom. The van der Waals surface area contributed by atoms with Crippen molar-refractivity contribution < 1.29 is 19.4 Å². The second kappa shape index (κ2) is 7.63. The van der Waals surface area contributed by atoms with Gasteiger partial charge in [-0.2, -0.15) is 0 Å². The third-order valence-corrected chi connectivity index (χ3v) is 4.15. The first-order valence-corrected chi connectivity index (χ1v) is 7.97. The lowest BCUT2D eigenvalue weighted by Gasteiger charge is -2.35. The molecule has 2 N–H and O–H groups in total. The van der Waals surface area contributed by atoms with Crippen LogP contribution in [-0.4, -0.2) is 47.1 Å². The number of amides is 1. The highest BCUT2D eigenvalue weighted by atomic mass is 35.6. The normalized spacial score (nSPS) is 17.5. The van der Waals surface area contributed by atoms with E-state index in [1.165, 1.54) is 24.3 Å². The zero-order valence-corrected chi connectivity index (χ0v) is 14.2. The van der Waals surface area contributed by atoms with Gasteiger partial charge in [0.15, 0.2) is 0 Å². The molecule has 10 heteroatoms. The van der Waals surface area contributed by atoms with E-state index in [-0.39, 0.29) is 11.3 Å². The van der Waals surface area contributed by atoms with Gasteiger partial charge in [-0.05, 0) is 6.07 Å². The third-order valence-electron chi connectivity index (χ3n) is 3.49. The SMILES string of the molecule is O=C(N[C@@H]([NH+]1CCOCC1)C(Cl)(Cl)Cl)c1ccccc1[N+](=O)[O-]. The molecule has 0 saturated carbocycles. The van der Waals surface area contributed by atoms with E-state index >= 15 is 0 Å².